The normalized spacial score (nSPS) is 22.2. The molecule has 0 saturated heterocycles. The van der Waals surface area contributed by atoms with Gasteiger partial charge in [-0.25, -0.2) is 0 Å². The van der Waals surface area contributed by atoms with Crippen molar-refractivity contribution in [3.8, 4) is 0 Å². The first-order valence-corrected chi connectivity index (χ1v) is 7.98. The second-order valence-corrected chi connectivity index (χ2v) is 6.11. The summed E-state index contributed by atoms with van der Waals surface area (Å²) < 4.78 is 2.14. The van der Waals surface area contributed by atoms with Crippen LogP contribution in [0.1, 0.15) is 36.2 Å². The number of nitrogens with one attached hydrogen (secondary N) is 1. The van der Waals surface area contributed by atoms with Gasteiger partial charge in [-0.2, -0.15) is 5.10 Å². The number of nitrogens with zero attached hydrogens (tertiary/aromatic N) is 2. The Bertz CT molecular complexity index is 588. The Morgan fingerprint density at radius 3 is 2.76 bits per heavy atom. The van der Waals surface area contributed by atoms with E-state index in [9.17, 15) is 0 Å². The molecule has 3 heteroatoms. The number of benzene rings is 1. The summed E-state index contributed by atoms with van der Waals surface area (Å²) in [5.41, 5.74) is 3.97. The van der Waals surface area contributed by atoms with E-state index >= 15 is 0 Å². The van der Waals surface area contributed by atoms with Crippen molar-refractivity contribution >= 4 is 0 Å². The highest BCUT2D eigenvalue weighted by atomic mass is 15.3. The number of aryl methyl sites for hydroxylation is 2. The lowest BCUT2D eigenvalue weighted by atomic mass is 10.0. The third kappa shape index (κ3) is 3.03. The van der Waals surface area contributed by atoms with E-state index in [1.54, 1.807) is 0 Å². The molecule has 0 radical (unpaired) electrons. The van der Waals surface area contributed by atoms with Crippen molar-refractivity contribution in [3.05, 3.63) is 53.3 Å². The van der Waals surface area contributed by atoms with E-state index in [0.29, 0.717) is 6.04 Å². The molecule has 1 aliphatic carbocycles. The van der Waals surface area contributed by atoms with Gasteiger partial charge in [0, 0.05) is 24.7 Å². The van der Waals surface area contributed by atoms with Gasteiger partial charge in [0.2, 0.25) is 0 Å². The summed E-state index contributed by atoms with van der Waals surface area (Å²) in [6, 6.07) is 13.7. The van der Waals surface area contributed by atoms with Crippen LogP contribution in [0.3, 0.4) is 0 Å². The number of hydrogen-bond acceptors (Lipinski definition) is 2. The molecule has 3 unspecified atom stereocenters. The van der Waals surface area contributed by atoms with Crippen molar-refractivity contribution in [1.82, 2.24) is 15.1 Å². The predicted molar refractivity (Wildman–Crippen MR) is 86.5 cm³/mol. The zero-order valence-corrected chi connectivity index (χ0v) is 13.2. The Balaban J connectivity index is 1.69. The number of likely N-dealkylation sites (N-methyl/N-ethyl adjacent to an activating group) is 1. The molecule has 112 valence electrons. The van der Waals surface area contributed by atoms with Gasteiger partial charge in [0.1, 0.15) is 0 Å². The summed E-state index contributed by atoms with van der Waals surface area (Å²) in [5, 5.41) is 8.09. The molecule has 2 aromatic rings. The second kappa shape index (κ2) is 6.02. The van der Waals surface area contributed by atoms with Crippen molar-refractivity contribution in [3.63, 3.8) is 0 Å². The van der Waals surface area contributed by atoms with Gasteiger partial charge in [-0.1, -0.05) is 30.3 Å². The van der Waals surface area contributed by atoms with Crippen LogP contribution in [0, 0.1) is 12.8 Å². The maximum atomic E-state index is 4.56. The molecule has 1 fully saturated rings. The van der Waals surface area contributed by atoms with E-state index in [4.69, 9.17) is 0 Å². The Hall–Kier alpha value is -1.61. The van der Waals surface area contributed by atoms with Crippen molar-refractivity contribution in [2.45, 2.75) is 45.2 Å². The van der Waals surface area contributed by atoms with Crippen LogP contribution in [0.25, 0.3) is 0 Å². The first kappa shape index (κ1) is 14.3. The third-order valence-corrected chi connectivity index (χ3v) is 4.67. The van der Waals surface area contributed by atoms with E-state index in [-0.39, 0.29) is 0 Å². The third-order valence-electron chi connectivity index (χ3n) is 4.67. The maximum absolute atomic E-state index is 4.56. The van der Waals surface area contributed by atoms with Crippen LogP contribution < -0.4 is 5.32 Å². The molecule has 1 aromatic carbocycles. The Morgan fingerprint density at radius 2 is 2.10 bits per heavy atom. The van der Waals surface area contributed by atoms with Gasteiger partial charge in [-0.05, 0) is 50.8 Å². The van der Waals surface area contributed by atoms with Crippen LogP contribution in [0.15, 0.2) is 36.4 Å². The molecule has 0 bridgehead atoms. The molecule has 1 N–H and O–H groups in total. The highest BCUT2D eigenvalue weighted by molar-refractivity contribution is 5.27. The zero-order valence-electron chi connectivity index (χ0n) is 13.2. The van der Waals surface area contributed by atoms with Crippen molar-refractivity contribution in [2.75, 3.05) is 7.05 Å². The van der Waals surface area contributed by atoms with Crippen LogP contribution in [-0.2, 0) is 13.0 Å². The van der Waals surface area contributed by atoms with Crippen LogP contribution in [-0.4, -0.2) is 22.9 Å². The summed E-state index contributed by atoms with van der Waals surface area (Å²) in [4.78, 5) is 0. The molecule has 1 aromatic heterocycles. The quantitative estimate of drug-likeness (QED) is 0.882. The van der Waals surface area contributed by atoms with Crippen molar-refractivity contribution < 1.29 is 0 Å². The van der Waals surface area contributed by atoms with Gasteiger partial charge in [0.25, 0.3) is 0 Å². The maximum Gasteiger partial charge on any atom is 0.0596 e. The molecule has 21 heavy (non-hydrogen) atoms. The van der Waals surface area contributed by atoms with Crippen LogP contribution in [0.2, 0.25) is 0 Å². The van der Waals surface area contributed by atoms with Gasteiger partial charge < -0.3 is 5.32 Å². The average molecular weight is 283 g/mol. The number of rotatable bonds is 6. The topological polar surface area (TPSA) is 29.9 Å². The van der Waals surface area contributed by atoms with Crippen molar-refractivity contribution in [1.29, 1.82) is 0 Å². The van der Waals surface area contributed by atoms with Gasteiger partial charge >= 0.3 is 0 Å². The highest BCUT2D eigenvalue weighted by Gasteiger charge is 2.43. The molecule has 0 aliphatic heterocycles. The number of hydrogen-bond donors (Lipinski definition) is 1. The van der Waals surface area contributed by atoms with Gasteiger partial charge in [-0.3, -0.25) is 4.68 Å². The fraction of sp³-hybridized carbons (Fsp3) is 0.500. The van der Waals surface area contributed by atoms with E-state index in [1.165, 1.54) is 17.7 Å². The predicted octanol–water partition coefficient (Wildman–Crippen LogP) is 3.15. The molecule has 3 rings (SSSR count). The monoisotopic (exact) mass is 283 g/mol. The fourth-order valence-electron chi connectivity index (χ4n) is 3.47. The first-order valence-electron chi connectivity index (χ1n) is 7.98. The minimum absolute atomic E-state index is 0.539. The molecule has 1 saturated carbocycles. The lowest BCUT2D eigenvalue weighted by molar-refractivity contribution is 0.470. The molecule has 0 amide bonds. The molecular formula is C18H25N3. The molecule has 3 nitrogen and oxygen atoms in total. The molecule has 3 atom stereocenters. The smallest absolute Gasteiger partial charge is 0.0596 e. The van der Waals surface area contributed by atoms with E-state index in [2.05, 4.69) is 72.4 Å². The van der Waals surface area contributed by atoms with Crippen LogP contribution in [0.5, 0.6) is 0 Å². The largest absolute Gasteiger partial charge is 0.316 e. The van der Waals surface area contributed by atoms with Gasteiger partial charge in [0.05, 0.1) is 5.69 Å². The Labute approximate surface area is 127 Å². The molecule has 0 spiro atoms. The molecular weight excluding hydrogens is 258 g/mol. The fourth-order valence-corrected chi connectivity index (χ4v) is 3.47. The SMILES string of the molecule is CCn1nc(C)cc1CC(NC)C1CC1c1ccccc1. The summed E-state index contributed by atoms with van der Waals surface area (Å²) in [7, 11) is 2.09. The first-order chi connectivity index (χ1) is 10.2. The molecule has 1 heterocycles. The number of aromatic nitrogens is 2. The van der Waals surface area contributed by atoms with E-state index in [1.807, 2.05) is 0 Å². The Kier molecular flexibility index (Phi) is 4.11. The van der Waals surface area contributed by atoms with Crippen LogP contribution in [0.4, 0.5) is 0 Å². The van der Waals surface area contributed by atoms with E-state index < -0.39 is 0 Å². The second-order valence-electron chi connectivity index (χ2n) is 6.11. The summed E-state index contributed by atoms with van der Waals surface area (Å²) in [6.07, 6.45) is 2.37. The van der Waals surface area contributed by atoms with Gasteiger partial charge in [-0.15, -0.1) is 0 Å². The van der Waals surface area contributed by atoms with E-state index in [0.717, 1.165) is 30.5 Å². The minimum Gasteiger partial charge on any atom is -0.316 e. The summed E-state index contributed by atoms with van der Waals surface area (Å²) in [5.74, 6) is 1.47. The lowest BCUT2D eigenvalue weighted by Crippen LogP contribution is -2.31. The van der Waals surface area contributed by atoms with Crippen LogP contribution >= 0.6 is 0 Å². The Morgan fingerprint density at radius 1 is 1.33 bits per heavy atom. The molecule has 1 aliphatic rings. The van der Waals surface area contributed by atoms with Gasteiger partial charge in [0.15, 0.2) is 0 Å². The standard InChI is InChI=1S/C18H25N3/c1-4-21-15(10-13(2)20-21)11-18(19-3)17-12-16(17)14-8-6-5-7-9-14/h5-10,16-19H,4,11-12H2,1-3H3. The zero-order chi connectivity index (χ0) is 14.8. The minimum atomic E-state index is 0.539. The summed E-state index contributed by atoms with van der Waals surface area (Å²) >= 11 is 0. The lowest BCUT2D eigenvalue weighted by Gasteiger charge is -2.17. The van der Waals surface area contributed by atoms with Crippen molar-refractivity contribution in [2.24, 2.45) is 5.92 Å². The summed E-state index contributed by atoms with van der Waals surface area (Å²) in [6.45, 7) is 5.19. The average Bonchev–Trinajstić information content (AvgIpc) is 3.23. The highest BCUT2D eigenvalue weighted by Crippen LogP contribution is 2.49.